The van der Waals surface area contributed by atoms with Crippen molar-refractivity contribution in [2.24, 2.45) is 5.92 Å². The van der Waals surface area contributed by atoms with Gasteiger partial charge in [-0.25, -0.2) is 0 Å². The number of amides is 1. The van der Waals surface area contributed by atoms with Crippen LogP contribution in [-0.2, 0) is 11.2 Å². The summed E-state index contributed by atoms with van der Waals surface area (Å²) in [6.45, 7) is 4.03. The second-order valence-electron chi connectivity index (χ2n) is 5.18. The molecule has 18 heavy (non-hydrogen) atoms. The number of likely N-dealkylation sites (tertiary alicyclic amines) is 1. The van der Waals surface area contributed by atoms with E-state index in [1.165, 1.54) is 6.42 Å². The van der Waals surface area contributed by atoms with Crippen molar-refractivity contribution in [2.45, 2.75) is 32.6 Å². The molecule has 1 fully saturated rings. The summed E-state index contributed by atoms with van der Waals surface area (Å²) in [5.74, 6) is 0.916. The first-order chi connectivity index (χ1) is 8.65. The van der Waals surface area contributed by atoms with Crippen LogP contribution in [0.25, 0.3) is 0 Å². The number of nitrogens with zero attached hydrogens (tertiary/aromatic N) is 2. The van der Waals surface area contributed by atoms with E-state index in [1.807, 2.05) is 11.0 Å². The minimum absolute atomic E-state index is 0.182. The number of rotatable bonds is 2. The van der Waals surface area contributed by atoms with Crippen molar-refractivity contribution < 1.29 is 4.79 Å². The summed E-state index contributed by atoms with van der Waals surface area (Å²) in [5, 5.41) is 0. The van der Waals surface area contributed by atoms with E-state index in [-0.39, 0.29) is 5.91 Å². The predicted octanol–water partition coefficient (Wildman–Crippen LogP) is 1.85. The number of anilines is 1. The summed E-state index contributed by atoms with van der Waals surface area (Å²) < 4.78 is 0. The van der Waals surface area contributed by atoms with Crippen LogP contribution in [0.3, 0.4) is 0 Å². The smallest absolute Gasteiger partial charge is 0.228 e. The Kier molecular flexibility index (Phi) is 4.18. The molecule has 1 aromatic rings. The molecule has 0 radical (unpaired) electrons. The molecule has 1 aromatic heterocycles. The molecule has 0 spiro atoms. The lowest BCUT2D eigenvalue weighted by molar-refractivity contribution is -0.130. The number of hydrogen-bond donors (Lipinski definition) is 1. The van der Waals surface area contributed by atoms with Crippen molar-refractivity contribution in [1.29, 1.82) is 0 Å². The molecular weight excluding hydrogens is 226 g/mol. The first-order valence-corrected chi connectivity index (χ1v) is 6.63. The van der Waals surface area contributed by atoms with Gasteiger partial charge in [0.15, 0.2) is 0 Å². The van der Waals surface area contributed by atoms with Gasteiger partial charge in [-0.2, -0.15) is 0 Å². The molecule has 1 amide bonds. The van der Waals surface area contributed by atoms with Gasteiger partial charge in [0.05, 0.1) is 18.3 Å². The van der Waals surface area contributed by atoms with Gasteiger partial charge in [-0.15, -0.1) is 0 Å². The molecule has 98 valence electrons. The van der Waals surface area contributed by atoms with Gasteiger partial charge in [0, 0.05) is 18.8 Å². The highest BCUT2D eigenvalue weighted by molar-refractivity contribution is 5.78. The Balaban J connectivity index is 1.92. The van der Waals surface area contributed by atoms with E-state index >= 15 is 0 Å². The fourth-order valence-corrected chi connectivity index (χ4v) is 2.32. The second-order valence-corrected chi connectivity index (χ2v) is 5.18. The second kappa shape index (κ2) is 5.85. The maximum absolute atomic E-state index is 12.2. The van der Waals surface area contributed by atoms with Crippen LogP contribution >= 0.6 is 0 Å². The molecule has 1 aliphatic heterocycles. The monoisotopic (exact) mass is 247 g/mol. The van der Waals surface area contributed by atoms with Crippen molar-refractivity contribution >= 4 is 11.6 Å². The molecule has 1 unspecified atom stereocenters. The average Bonchev–Trinajstić information content (AvgIpc) is 2.57. The third-order valence-corrected chi connectivity index (χ3v) is 3.55. The zero-order valence-corrected chi connectivity index (χ0v) is 10.9. The van der Waals surface area contributed by atoms with Gasteiger partial charge in [-0.1, -0.05) is 6.92 Å². The molecule has 0 aliphatic carbocycles. The molecule has 4 heteroatoms. The molecule has 2 N–H and O–H groups in total. The third kappa shape index (κ3) is 3.45. The fourth-order valence-electron chi connectivity index (χ4n) is 2.32. The van der Waals surface area contributed by atoms with E-state index in [9.17, 15) is 4.79 Å². The van der Waals surface area contributed by atoms with Gasteiger partial charge in [0.1, 0.15) is 0 Å². The van der Waals surface area contributed by atoms with E-state index in [0.717, 1.165) is 37.5 Å². The van der Waals surface area contributed by atoms with Crippen LogP contribution in [0.2, 0.25) is 0 Å². The zero-order valence-electron chi connectivity index (χ0n) is 10.9. The minimum Gasteiger partial charge on any atom is -0.397 e. The Morgan fingerprint density at radius 1 is 1.44 bits per heavy atom. The molecule has 0 saturated carbocycles. The van der Waals surface area contributed by atoms with Crippen molar-refractivity contribution in [1.82, 2.24) is 9.88 Å². The van der Waals surface area contributed by atoms with Gasteiger partial charge in [0.2, 0.25) is 5.91 Å². The highest BCUT2D eigenvalue weighted by Gasteiger charge is 2.18. The van der Waals surface area contributed by atoms with E-state index in [0.29, 0.717) is 12.1 Å². The van der Waals surface area contributed by atoms with E-state index in [1.54, 1.807) is 12.3 Å². The number of pyridine rings is 1. The molecule has 0 aromatic carbocycles. The maximum atomic E-state index is 12.2. The summed E-state index contributed by atoms with van der Waals surface area (Å²) in [6, 6.07) is 3.62. The van der Waals surface area contributed by atoms with Gasteiger partial charge in [0.25, 0.3) is 0 Å². The number of nitrogen functional groups attached to an aromatic ring is 1. The van der Waals surface area contributed by atoms with Crippen LogP contribution in [0.15, 0.2) is 18.3 Å². The first-order valence-electron chi connectivity index (χ1n) is 6.63. The van der Waals surface area contributed by atoms with E-state index in [4.69, 9.17) is 5.73 Å². The van der Waals surface area contributed by atoms with Crippen molar-refractivity contribution in [3.05, 3.63) is 24.0 Å². The van der Waals surface area contributed by atoms with Crippen LogP contribution in [0.5, 0.6) is 0 Å². The quantitative estimate of drug-likeness (QED) is 0.867. The fraction of sp³-hybridized carbons (Fsp3) is 0.571. The Morgan fingerprint density at radius 3 is 3.00 bits per heavy atom. The molecule has 1 aliphatic rings. The Morgan fingerprint density at radius 2 is 2.28 bits per heavy atom. The lowest BCUT2D eigenvalue weighted by atomic mass is 10.0. The number of carbonyl (C=O) groups excluding carboxylic acids is 1. The molecule has 2 heterocycles. The number of aromatic nitrogens is 1. The molecule has 4 nitrogen and oxygen atoms in total. The van der Waals surface area contributed by atoms with Crippen LogP contribution < -0.4 is 5.73 Å². The highest BCUT2D eigenvalue weighted by Crippen LogP contribution is 2.17. The van der Waals surface area contributed by atoms with Crippen LogP contribution in [0.4, 0.5) is 5.69 Å². The normalized spacial score (nSPS) is 20.5. The average molecular weight is 247 g/mol. The Labute approximate surface area is 108 Å². The maximum Gasteiger partial charge on any atom is 0.228 e. The lowest BCUT2D eigenvalue weighted by Crippen LogP contribution is -2.33. The van der Waals surface area contributed by atoms with E-state index in [2.05, 4.69) is 11.9 Å². The van der Waals surface area contributed by atoms with Crippen molar-refractivity contribution in [3.63, 3.8) is 0 Å². The number of nitrogens with two attached hydrogens (primary N) is 1. The van der Waals surface area contributed by atoms with Gasteiger partial charge in [-0.05, 0) is 37.3 Å². The van der Waals surface area contributed by atoms with Crippen molar-refractivity contribution in [3.8, 4) is 0 Å². The number of hydrogen-bond acceptors (Lipinski definition) is 3. The summed E-state index contributed by atoms with van der Waals surface area (Å²) in [7, 11) is 0. The van der Waals surface area contributed by atoms with Gasteiger partial charge in [-0.3, -0.25) is 9.78 Å². The molecule has 1 saturated heterocycles. The summed E-state index contributed by atoms with van der Waals surface area (Å²) >= 11 is 0. The Bertz CT molecular complexity index is 402. The lowest BCUT2D eigenvalue weighted by Gasteiger charge is -2.20. The third-order valence-electron chi connectivity index (χ3n) is 3.55. The molecule has 0 bridgehead atoms. The summed E-state index contributed by atoms with van der Waals surface area (Å²) in [5.41, 5.74) is 7.01. The van der Waals surface area contributed by atoms with Crippen molar-refractivity contribution in [2.75, 3.05) is 18.8 Å². The van der Waals surface area contributed by atoms with Gasteiger partial charge >= 0.3 is 0 Å². The van der Waals surface area contributed by atoms with Crippen LogP contribution in [0.1, 0.15) is 31.9 Å². The predicted molar refractivity (Wildman–Crippen MR) is 71.9 cm³/mol. The van der Waals surface area contributed by atoms with Crippen LogP contribution in [0, 0.1) is 5.92 Å². The summed E-state index contributed by atoms with van der Waals surface area (Å²) in [4.78, 5) is 18.3. The molecule has 2 rings (SSSR count). The largest absolute Gasteiger partial charge is 0.397 e. The first kappa shape index (κ1) is 12.9. The van der Waals surface area contributed by atoms with Gasteiger partial charge < -0.3 is 10.6 Å². The zero-order chi connectivity index (χ0) is 13.0. The highest BCUT2D eigenvalue weighted by atomic mass is 16.2. The standard InChI is InChI=1S/C14H21N3O/c1-11-3-2-7-17(8-6-11)14(18)9-13-5-4-12(15)10-16-13/h4-5,10-11H,2-3,6-9,15H2,1H3. The summed E-state index contributed by atoms with van der Waals surface area (Å²) in [6.07, 6.45) is 5.44. The molecular formula is C14H21N3O. The molecule has 1 atom stereocenters. The number of carbonyl (C=O) groups is 1. The Hall–Kier alpha value is -1.58. The van der Waals surface area contributed by atoms with Crippen LogP contribution in [-0.4, -0.2) is 28.9 Å². The minimum atomic E-state index is 0.182. The van der Waals surface area contributed by atoms with E-state index < -0.39 is 0 Å². The topological polar surface area (TPSA) is 59.2 Å². The SMILES string of the molecule is CC1CCCN(C(=O)Cc2ccc(N)cn2)CC1.